The molecule has 3 heterocycles. The number of hydrogen-bond donors (Lipinski definition) is 1. The maximum Gasteiger partial charge on any atom is 0.254 e. The van der Waals surface area contributed by atoms with Crippen LogP contribution in [0.1, 0.15) is 17.4 Å². The molecule has 0 saturated carbocycles. The van der Waals surface area contributed by atoms with Gasteiger partial charge in [-0.1, -0.05) is 41.6 Å². The normalized spacial score (nSPS) is 18.9. The van der Waals surface area contributed by atoms with Crippen LogP contribution in [0.5, 0.6) is 0 Å². The molecule has 2 atom stereocenters. The zero-order valence-electron chi connectivity index (χ0n) is 15.8. The minimum Gasteiger partial charge on any atom is -0.359 e. The van der Waals surface area contributed by atoms with E-state index in [1.165, 1.54) is 4.90 Å². The van der Waals surface area contributed by atoms with Gasteiger partial charge in [-0.25, -0.2) is 0 Å². The third kappa shape index (κ3) is 4.17. The summed E-state index contributed by atoms with van der Waals surface area (Å²) in [5.41, 5.74) is 2.10. The van der Waals surface area contributed by atoms with E-state index < -0.39 is 12.1 Å². The standard InChI is InChI=1S/C21H20N4O4/c1-25(12-15-11-17(24-29-15)16-9-5-6-10-22-16)21(27)20-19(23-18(26)13-28-20)14-7-3-2-4-8-14/h2-11,19-20H,12-13H2,1H3,(H,23,26)/t19-,20+/m1/s1. The Morgan fingerprint density at radius 2 is 1.97 bits per heavy atom. The van der Waals surface area contributed by atoms with E-state index in [9.17, 15) is 9.59 Å². The molecule has 2 aromatic heterocycles. The second kappa shape index (κ2) is 8.24. The highest BCUT2D eigenvalue weighted by Gasteiger charge is 2.37. The summed E-state index contributed by atoms with van der Waals surface area (Å²) in [5.74, 6) is 0.0213. The summed E-state index contributed by atoms with van der Waals surface area (Å²) < 4.78 is 11.0. The molecule has 1 fully saturated rings. The van der Waals surface area contributed by atoms with Gasteiger partial charge in [0.2, 0.25) is 5.91 Å². The number of nitrogens with zero attached hydrogens (tertiary/aromatic N) is 3. The van der Waals surface area contributed by atoms with Crippen LogP contribution in [0.25, 0.3) is 11.4 Å². The SMILES string of the molecule is CN(Cc1cc(-c2ccccn2)no1)C(=O)[C@H]1OCC(=O)N[C@@H]1c1ccccc1. The lowest BCUT2D eigenvalue weighted by Crippen LogP contribution is -2.52. The molecule has 3 aromatic rings. The van der Waals surface area contributed by atoms with Gasteiger partial charge in [-0.3, -0.25) is 14.6 Å². The third-order valence-corrected chi connectivity index (χ3v) is 4.67. The topological polar surface area (TPSA) is 97.6 Å². The Morgan fingerprint density at radius 1 is 1.17 bits per heavy atom. The van der Waals surface area contributed by atoms with Gasteiger partial charge in [0.1, 0.15) is 12.3 Å². The van der Waals surface area contributed by atoms with Gasteiger partial charge in [0, 0.05) is 19.3 Å². The van der Waals surface area contributed by atoms with Crippen molar-refractivity contribution in [3.05, 3.63) is 72.1 Å². The lowest BCUT2D eigenvalue weighted by Gasteiger charge is -2.33. The number of amides is 2. The Bertz CT molecular complexity index is 990. The zero-order valence-corrected chi connectivity index (χ0v) is 15.8. The quantitative estimate of drug-likeness (QED) is 0.713. The van der Waals surface area contributed by atoms with Crippen LogP contribution in [-0.2, 0) is 20.9 Å². The van der Waals surface area contributed by atoms with E-state index in [1.807, 2.05) is 48.5 Å². The molecule has 1 aliphatic heterocycles. The van der Waals surface area contributed by atoms with Crippen LogP contribution in [0.2, 0.25) is 0 Å². The van der Waals surface area contributed by atoms with Gasteiger partial charge >= 0.3 is 0 Å². The summed E-state index contributed by atoms with van der Waals surface area (Å²) in [6.07, 6.45) is 0.857. The molecular weight excluding hydrogens is 372 g/mol. The average molecular weight is 392 g/mol. The highest BCUT2D eigenvalue weighted by molar-refractivity contribution is 5.86. The maximum atomic E-state index is 13.0. The van der Waals surface area contributed by atoms with Crippen LogP contribution < -0.4 is 5.32 Å². The Hall–Kier alpha value is -3.52. The molecule has 0 bridgehead atoms. The molecule has 4 rings (SSSR count). The summed E-state index contributed by atoms with van der Waals surface area (Å²) in [4.78, 5) is 30.6. The van der Waals surface area contributed by atoms with Gasteiger partial charge in [-0.2, -0.15) is 0 Å². The third-order valence-electron chi connectivity index (χ3n) is 4.67. The molecule has 0 aliphatic carbocycles. The number of carbonyl (C=O) groups is 2. The van der Waals surface area contributed by atoms with Crippen molar-refractivity contribution in [2.24, 2.45) is 0 Å². The van der Waals surface area contributed by atoms with Gasteiger partial charge in [-0.15, -0.1) is 0 Å². The maximum absolute atomic E-state index is 13.0. The Balaban J connectivity index is 1.48. The first-order chi connectivity index (χ1) is 14.1. The highest BCUT2D eigenvalue weighted by Crippen LogP contribution is 2.24. The predicted molar refractivity (Wildman–Crippen MR) is 103 cm³/mol. The van der Waals surface area contributed by atoms with Gasteiger partial charge in [-0.05, 0) is 17.7 Å². The molecule has 1 N–H and O–H groups in total. The van der Waals surface area contributed by atoms with Crippen molar-refractivity contribution in [2.75, 3.05) is 13.7 Å². The molecule has 8 heteroatoms. The largest absolute Gasteiger partial charge is 0.359 e. The molecule has 0 unspecified atom stereocenters. The van der Waals surface area contributed by atoms with Gasteiger partial charge < -0.3 is 19.5 Å². The van der Waals surface area contributed by atoms with Gasteiger partial charge in [0.25, 0.3) is 5.91 Å². The molecule has 8 nitrogen and oxygen atoms in total. The number of ether oxygens (including phenoxy) is 1. The van der Waals surface area contributed by atoms with Crippen molar-refractivity contribution < 1.29 is 18.8 Å². The molecule has 2 amide bonds. The van der Waals surface area contributed by atoms with Crippen molar-refractivity contribution in [1.29, 1.82) is 0 Å². The Labute approximate surface area is 167 Å². The van der Waals surface area contributed by atoms with E-state index >= 15 is 0 Å². The fourth-order valence-corrected chi connectivity index (χ4v) is 3.24. The lowest BCUT2D eigenvalue weighted by molar-refractivity contribution is -0.154. The minimum atomic E-state index is -0.821. The Morgan fingerprint density at radius 3 is 2.72 bits per heavy atom. The summed E-state index contributed by atoms with van der Waals surface area (Å²) in [6, 6.07) is 16.0. The first-order valence-corrected chi connectivity index (χ1v) is 9.19. The number of morpholine rings is 1. The number of pyridine rings is 1. The molecule has 1 aromatic carbocycles. The summed E-state index contributed by atoms with van der Waals surface area (Å²) in [6.45, 7) is 0.0632. The number of likely N-dealkylation sites (N-methyl/N-ethyl adjacent to an activating group) is 1. The summed E-state index contributed by atoms with van der Waals surface area (Å²) in [7, 11) is 1.66. The van der Waals surface area contributed by atoms with Crippen LogP contribution in [0.3, 0.4) is 0 Å². The van der Waals surface area contributed by atoms with E-state index in [-0.39, 0.29) is 25.0 Å². The van der Waals surface area contributed by atoms with Crippen molar-refractivity contribution in [3.8, 4) is 11.4 Å². The van der Waals surface area contributed by atoms with Crippen molar-refractivity contribution >= 4 is 11.8 Å². The van der Waals surface area contributed by atoms with Crippen molar-refractivity contribution in [3.63, 3.8) is 0 Å². The van der Waals surface area contributed by atoms with Crippen LogP contribution in [0.15, 0.2) is 65.3 Å². The first kappa shape index (κ1) is 18.8. The predicted octanol–water partition coefficient (Wildman–Crippen LogP) is 1.95. The van der Waals surface area contributed by atoms with Crippen molar-refractivity contribution in [2.45, 2.75) is 18.7 Å². The molecule has 0 spiro atoms. The lowest BCUT2D eigenvalue weighted by atomic mass is 9.99. The number of hydrogen-bond acceptors (Lipinski definition) is 6. The fourth-order valence-electron chi connectivity index (χ4n) is 3.24. The van der Waals surface area contributed by atoms with Crippen LogP contribution in [0.4, 0.5) is 0 Å². The number of rotatable bonds is 5. The first-order valence-electron chi connectivity index (χ1n) is 9.19. The average Bonchev–Trinajstić information content (AvgIpc) is 3.23. The Kier molecular flexibility index (Phi) is 5.35. The number of nitrogens with one attached hydrogen (secondary N) is 1. The second-order valence-electron chi connectivity index (χ2n) is 6.78. The molecule has 148 valence electrons. The molecule has 0 radical (unpaired) electrons. The van der Waals surface area contributed by atoms with Gasteiger partial charge in [0.05, 0.1) is 18.3 Å². The smallest absolute Gasteiger partial charge is 0.254 e. The fraction of sp³-hybridized carbons (Fsp3) is 0.238. The molecule has 1 aliphatic rings. The number of benzene rings is 1. The second-order valence-corrected chi connectivity index (χ2v) is 6.78. The molecular formula is C21H20N4O4. The van der Waals surface area contributed by atoms with Gasteiger partial charge in [0.15, 0.2) is 11.9 Å². The van der Waals surface area contributed by atoms with Crippen molar-refractivity contribution in [1.82, 2.24) is 20.4 Å². The van der Waals surface area contributed by atoms with E-state index in [0.717, 1.165) is 5.56 Å². The van der Waals surface area contributed by atoms with E-state index in [4.69, 9.17) is 9.26 Å². The monoisotopic (exact) mass is 392 g/mol. The van der Waals surface area contributed by atoms with E-state index in [1.54, 1.807) is 19.3 Å². The molecule has 29 heavy (non-hydrogen) atoms. The highest BCUT2D eigenvalue weighted by atomic mass is 16.5. The molecule has 1 saturated heterocycles. The minimum absolute atomic E-state index is 0.153. The van der Waals surface area contributed by atoms with Crippen LogP contribution in [0, 0.1) is 0 Å². The van der Waals surface area contributed by atoms with E-state index in [2.05, 4.69) is 15.5 Å². The van der Waals surface area contributed by atoms with Crippen LogP contribution in [-0.4, -0.2) is 46.6 Å². The zero-order chi connectivity index (χ0) is 20.2. The van der Waals surface area contributed by atoms with Crippen LogP contribution >= 0.6 is 0 Å². The number of carbonyl (C=O) groups excluding carboxylic acids is 2. The summed E-state index contributed by atoms with van der Waals surface area (Å²) in [5, 5.41) is 6.87. The van der Waals surface area contributed by atoms with E-state index in [0.29, 0.717) is 17.1 Å². The number of aromatic nitrogens is 2. The summed E-state index contributed by atoms with van der Waals surface area (Å²) >= 11 is 0.